The molecule has 2 aromatic heterocycles. The molecule has 2 rings (SSSR count). The van der Waals surface area contributed by atoms with Gasteiger partial charge < -0.3 is 9.88 Å². The van der Waals surface area contributed by atoms with Crippen LogP contribution in [-0.2, 0) is 6.54 Å². The molecule has 0 spiro atoms. The van der Waals surface area contributed by atoms with Gasteiger partial charge in [0.2, 0.25) is 5.95 Å². The van der Waals surface area contributed by atoms with Gasteiger partial charge in [-0.2, -0.15) is 5.10 Å². The van der Waals surface area contributed by atoms with Gasteiger partial charge in [0.25, 0.3) is 0 Å². The zero-order valence-electron chi connectivity index (χ0n) is 8.07. The van der Waals surface area contributed by atoms with Crippen molar-refractivity contribution in [2.75, 3.05) is 11.9 Å². The van der Waals surface area contributed by atoms with Crippen LogP contribution in [0.15, 0.2) is 24.8 Å². The third kappa shape index (κ3) is 1.76. The summed E-state index contributed by atoms with van der Waals surface area (Å²) in [5.41, 5.74) is 1.14. The Labute approximate surface area is 82.2 Å². The Morgan fingerprint density at radius 3 is 3.21 bits per heavy atom. The lowest BCUT2D eigenvalue weighted by molar-refractivity contribution is 0.800. The first kappa shape index (κ1) is 8.80. The predicted molar refractivity (Wildman–Crippen MR) is 54.1 cm³/mol. The van der Waals surface area contributed by atoms with Crippen LogP contribution in [0.2, 0.25) is 0 Å². The number of nitrogens with zero attached hydrogens (tertiary/aromatic N) is 3. The lowest BCUT2D eigenvalue weighted by atomic mass is 10.3. The van der Waals surface area contributed by atoms with Crippen LogP contribution in [-0.4, -0.2) is 26.3 Å². The highest BCUT2D eigenvalue weighted by Crippen LogP contribution is 2.07. The first-order valence-electron chi connectivity index (χ1n) is 4.63. The lowest BCUT2D eigenvalue weighted by Crippen LogP contribution is -2.06. The Hall–Kier alpha value is -1.78. The summed E-state index contributed by atoms with van der Waals surface area (Å²) in [5, 5.41) is 9.88. The standard InChI is InChI=1S/C9H13N5/c1-2-10-9-11-3-4-14(9)7-8-5-12-13-6-8/h3-6H,2,7H2,1H3,(H,10,11)(H,12,13). The molecular formula is C9H13N5. The van der Waals surface area contributed by atoms with Gasteiger partial charge in [-0.25, -0.2) is 4.98 Å². The van der Waals surface area contributed by atoms with Gasteiger partial charge >= 0.3 is 0 Å². The maximum absolute atomic E-state index is 4.21. The number of imidazole rings is 1. The molecule has 0 aromatic carbocycles. The Kier molecular flexibility index (Phi) is 2.48. The second-order valence-electron chi connectivity index (χ2n) is 3.02. The Bertz CT molecular complexity index is 376. The Morgan fingerprint density at radius 2 is 2.50 bits per heavy atom. The molecule has 2 heterocycles. The number of hydrogen-bond acceptors (Lipinski definition) is 3. The minimum Gasteiger partial charge on any atom is -0.356 e. The van der Waals surface area contributed by atoms with Gasteiger partial charge in [-0.1, -0.05) is 0 Å². The first-order valence-corrected chi connectivity index (χ1v) is 4.63. The number of rotatable bonds is 4. The van der Waals surface area contributed by atoms with Gasteiger partial charge in [0.1, 0.15) is 0 Å². The van der Waals surface area contributed by atoms with Crippen LogP contribution in [0.4, 0.5) is 5.95 Å². The number of hydrogen-bond donors (Lipinski definition) is 2. The van der Waals surface area contributed by atoms with Crippen molar-refractivity contribution in [3.8, 4) is 0 Å². The molecule has 0 aliphatic heterocycles. The summed E-state index contributed by atoms with van der Waals surface area (Å²) in [5.74, 6) is 0.897. The van der Waals surface area contributed by atoms with Gasteiger partial charge in [0, 0.05) is 30.7 Å². The molecule has 5 heteroatoms. The second kappa shape index (κ2) is 3.95. The van der Waals surface area contributed by atoms with Crippen molar-refractivity contribution in [3.05, 3.63) is 30.4 Å². The van der Waals surface area contributed by atoms with Gasteiger partial charge in [-0.15, -0.1) is 0 Å². The van der Waals surface area contributed by atoms with E-state index in [1.807, 2.05) is 23.2 Å². The first-order chi connectivity index (χ1) is 6.90. The SMILES string of the molecule is CCNc1nccn1Cc1cn[nH]c1. The van der Waals surface area contributed by atoms with Crippen molar-refractivity contribution in [3.63, 3.8) is 0 Å². The van der Waals surface area contributed by atoms with Crippen molar-refractivity contribution in [2.45, 2.75) is 13.5 Å². The Morgan fingerprint density at radius 1 is 1.57 bits per heavy atom. The van der Waals surface area contributed by atoms with Crippen molar-refractivity contribution in [1.29, 1.82) is 0 Å². The smallest absolute Gasteiger partial charge is 0.203 e. The molecule has 74 valence electrons. The van der Waals surface area contributed by atoms with Crippen LogP contribution < -0.4 is 5.32 Å². The van der Waals surface area contributed by atoms with Crippen LogP contribution in [0.25, 0.3) is 0 Å². The fraction of sp³-hybridized carbons (Fsp3) is 0.333. The molecule has 0 aliphatic rings. The van der Waals surface area contributed by atoms with Crippen molar-refractivity contribution in [2.24, 2.45) is 0 Å². The summed E-state index contributed by atoms with van der Waals surface area (Å²) in [6, 6.07) is 0. The van der Waals surface area contributed by atoms with E-state index in [2.05, 4.69) is 27.4 Å². The van der Waals surface area contributed by atoms with Gasteiger partial charge in [-0.3, -0.25) is 5.10 Å². The number of anilines is 1. The summed E-state index contributed by atoms with van der Waals surface area (Å²) >= 11 is 0. The fourth-order valence-corrected chi connectivity index (χ4v) is 1.32. The average Bonchev–Trinajstić information content (AvgIpc) is 2.80. The summed E-state index contributed by atoms with van der Waals surface area (Å²) in [7, 11) is 0. The maximum Gasteiger partial charge on any atom is 0.203 e. The maximum atomic E-state index is 4.21. The van der Waals surface area contributed by atoms with Crippen molar-refractivity contribution >= 4 is 5.95 Å². The molecule has 0 amide bonds. The molecule has 0 unspecified atom stereocenters. The number of aromatic amines is 1. The van der Waals surface area contributed by atoms with Crippen molar-refractivity contribution < 1.29 is 0 Å². The van der Waals surface area contributed by atoms with Crippen LogP contribution in [0.1, 0.15) is 12.5 Å². The third-order valence-corrected chi connectivity index (χ3v) is 1.96. The summed E-state index contributed by atoms with van der Waals surface area (Å²) in [4.78, 5) is 4.21. The molecule has 2 N–H and O–H groups in total. The minimum atomic E-state index is 0.791. The molecule has 2 aromatic rings. The third-order valence-electron chi connectivity index (χ3n) is 1.96. The average molecular weight is 191 g/mol. The fourth-order valence-electron chi connectivity index (χ4n) is 1.32. The highest BCUT2D eigenvalue weighted by Gasteiger charge is 2.01. The summed E-state index contributed by atoms with van der Waals surface area (Å²) in [6.07, 6.45) is 7.44. The quantitative estimate of drug-likeness (QED) is 0.760. The molecule has 0 saturated heterocycles. The topological polar surface area (TPSA) is 58.5 Å². The molecule has 0 fully saturated rings. The highest BCUT2D eigenvalue weighted by molar-refractivity contribution is 5.26. The molecular weight excluding hydrogens is 178 g/mol. The minimum absolute atomic E-state index is 0.791. The molecule has 14 heavy (non-hydrogen) atoms. The van der Waals surface area contributed by atoms with E-state index >= 15 is 0 Å². The van der Waals surface area contributed by atoms with E-state index in [-0.39, 0.29) is 0 Å². The number of aromatic nitrogens is 4. The molecule has 0 saturated carbocycles. The van der Waals surface area contributed by atoms with Gasteiger partial charge in [0.15, 0.2) is 0 Å². The van der Waals surface area contributed by atoms with E-state index in [9.17, 15) is 0 Å². The monoisotopic (exact) mass is 191 g/mol. The number of nitrogens with one attached hydrogen (secondary N) is 2. The molecule has 0 bridgehead atoms. The highest BCUT2D eigenvalue weighted by atomic mass is 15.2. The van der Waals surface area contributed by atoms with E-state index in [0.717, 1.165) is 24.6 Å². The zero-order chi connectivity index (χ0) is 9.80. The second-order valence-corrected chi connectivity index (χ2v) is 3.02. The van der Waals surface area contributed by atoms with Crippen LogP contribution in [0.5, 0.6) is 0 Å². The summed E-state index contributed by atoms with van der Waals surface area (Å²) in [6.45, 7) is 3.72. The van der Waals surface area contributed by atoms with E-state index in [1.165, 1.54) is 0 Å². The molecule has 0 aliphatic carbocycles. The predicted octanol–water partition coefficient (Wildman–Crippen LogP) is 1.09. The van der Waals surface area contributed by atoms with Crippen LogP contribution in [0.3, 0.4) is 0 Å². The summed E-state index contributed by atoms with van der Waals surface area (Å²) < 4.78 is 2.05. The lowest BCUT2D eigenvalue weighted by Gasteiger charge is -2.06. The zero-order valence-corrected chi connectivity index (χ0v) is 8.07. The van der Waals surface area contributed by atoms with E-state index in [1.54, 1.807) is 6.20 Å². The van der Waals surface area contributed by atoms with Crippen molar-refractivity contribution in [1.82, 2.24) is 19.7 Å². The van der Waals surface area contributed by atoms with Crippen LogP contribution >= 0.6 is 0 Å². The van der Waals surface area contributed by atoms with E-state index < -0.39 is 0 Å². The van der Waals surface area contributed by atoms with Gasteiger partial charge in [-0.05, 0) is 6.92 Å². The molecule has 0 atom stereocenters. The number of H-pyrrole nitrogens is 1. The molecule has 0 radical (unpaired) electrons. The largest absolute Gasteiger partial charge is 0.356 e. The van der Waals surface area contributed by atoms with E-state index in [4.69, 9.17) is 0 Å². The Balaban J connectivity index is 2.12. The van der Waals surface area contributed by atoms with E-state index in [0.29, 0.717) is 0 Å². The normalized spacial score (nSPS) is 10.4. The van der Waals surface area contributed by atoms with Crippen LogP contribution in [0, 0.1) is 0 Å². The molecule has 5 nitrogen and oxygen atoms in total. The van der Waals surface area contributed by atoms with Gasteiger partial charge in [0.05, 0.1) is 12.7 Å².